The molecule has 0 aliphatic heterocycles. The summed E-state index contributed by atoms with van der Waals surface area (Å²) < 4.78 is 5.99. The minimum absolute atomic E-state index is 0.467. The molecule has 0 saturated heterocycles. The molecule has 60 valence electrons. The Morgan fingerprint density at radius 3 is 2.55 bits per heavy atom. The van der Waals surface area contributed by atoms with Gasteiger partial charge >= 0.3 is 0 Å². The number of hydrogen-bond acceptors (Lipinski definition) is 1. The van der Waals surface area contributed by atoms with Crippen LogP contribution >= 0.6 is 45.8 Å². The molecule has 4 heteroatoms. The molecular weight excluding hydrogens is 298 g/mol. The van der Waals surface area contributed by atoms with Gasteiger partial charge in [0.25, 0.3) is 0 Å². The van der Waals surface area contributed by atoms with Crippen LogP contribution in [0.5, 0.6) is 5.75 Å². The van der Waals surface area contributed by atoms with Crippen LogP contribution in [0.1, 0.15) is 0 Å². The second-order valence-corrected chi connectivity index (χ2v) is 3.93. The molecule has 1 nitrogen and oxygen atoms in total. The van der Waals surface area contributed by atoms with E-state index < -0.39 is 0 Å². The van der Waals surface area contributed by atoms with Gasteiger partial charge in [-0.1, -0.05) is 23.2 Å². The SMILES string of the molecule is COc1cc(I)cc(Cl)c1Cl. The van der Waals surface area contributed by atoms with E-state index in [0.717, 1.165) is 3.57 Å². The van der Waals surface area contributed by atoms with Gasteiger partial charge in [-0.15, -0.1) is 0 Å². The van der Waals surface area contributed by atoms with Crippen LogP contribution in [0.3, 0.4) is 0 Å². The standard InChI is InChI=1S/C7H5Cl2IO/c1-11-6-3-4(10)2-5(8)7(6)9/h2-3H,1H3. The van der Waals surface area contributed by atoms with Gasteiger partial charge in [0, 0.05) is 3.57 Å². The summed E-state index contributed by atoms with van der Waals surface area (Å²) in [5, 5.41) is 0.991. The summed E-state index contributed by atoms with van der Waals surface area (Å²) in [7, 11) is 1.56. The quantitative estimate of drug-likeness (QED) is 0.569. The molecule has 0 atom stereocenters. The van der Waals surface area contributed by atoms with Crippen molar-refractivity contribution in [1.82, 2.24) is 0 Å². The van der Waals surface area contributed by atoms with Gasteiger partial charge < -0.3 is 4.74 Å². The van der Waals surface area contributed by atoms with Crippen LogP contribution in [-0.4, -0.2) is 7.11 Å². The number of methoxy groups -OCH3 is 1. The number of rotatable bonds is 1. The molecule has 1 rings (SSSR count). The van der Waals surface area contributed by atoms with Crippen molar-refractivity contribution >= 4 is 45.8 Å². The van der Waals surface area contributed by atoms with Gasteiger partial charge in [-0.3, -0.25) is 0 Å². The van der Waals surface area contributed by atoms with Crippen molar-refractivity contribution in [2.45, 2.75) is 0 Å². The van der Waals surface area contributed by atoms with Crippen LogP contribution < -0.4 is 4.74 Å². The van der Waals surface area contributed by atoms with Crippen LogP contribution in [0.15, 0.2) is 12.1 Å². The lowest BCUT2D eigenvalue weighted by Gasteiger charge is -2.04. The zero-order valence-electron chi connectivity index (χ0n) is 5.70. The average Bonchev–Trinajstić information content (AvgIpc) is 1.96. The first kappa shape index (κ1) is 9.42. The smallest absolute Gasteiger partial charge is 0.140 e. The predicted molar refractivity (Wildman–Crippen MR) is 55.7 cm³/mol. The zero-order valence-corrected chi connectivity index (χ0v) is 9.37. The second kappa shape index (κ2) is 3.83. The summed E-state index contributed by atoms with van der Waals surface area (Å²) in [5.74, 6) is 0.614. The highest BCUT2D eigenvalue weighted by atomic mass is 127. The third kappa shape index (κ3) is 2.13. The first-order chi connectivity index (χ1) is 5.15. The third-order valence-corrected chi connectivity index (χ3v) is 2.59. The van der Waals surface area contributed by atoms with Crippen LogP contribution in [0.4, 0.5) is 0 Å². The molecule has 0 unspecified atom stereocenters. The van der Waals surface area contributed by atoms with Gasteiger partial charge in [0.15, 0.2) is 0 Å². The van der Waals surface area contributed by atoms with Crippen molar-refractivity contribution in [2.24, 2.45) is 0 Å². The molecule has 0 aromatic heterocycles. The summed E-state index contributed by atoms with van der Waals surface area (Å²) in [4.78, 5) is 0. The van der Waals surface area contributed by atoms with E-state index in [9.17, 15) is 0 Å². The molecule has 0 fully saturated rings. The van der Waals surface area contributed by atoms with E-state index in [-0.39, 0.29) is 0 Å². The van der Waals surface area contributed by atoms with Gasteiger partial charge in [-0.25, -0.2) is 0 Å². The molecule has 0 heterocycles. The van der Waals surface area contributed by atoms with Gasteiger partial charge in [0.1, 0.15) is 10.8 Å². The van der Waals surface area contributed by atoms with E-state index in [4.69, 9.17) is 27.9 Å². The summed E-state index contributed by atoms with van der Waals surface area (Å²) in [6.07, 6.45) is 0. The minimum Gasteiger partial charge on any atom is -0.495 e. The predicted octanol–water partition coefficient (Wildman–Crippen LogP) is 3.61. The lowest BCUT2D eigenvalue weighted by molar-refractivity contribution is 0.415. The van der Waals surface area contributed by atoms with Crippen molar-refractivity contribution in [3.8, 4) is 5.75 Å². The molecule has 0 amide bonds. The maximum atomic E-state index is 5.81. The second-order valence-electron chi connectivity index (χ2n) is 1.90. The maximum Gasteiger partial charge on any atom is 0.140 e. The topological polar surface area (TPSA) is 9.23 Å². The van der Waals surface area contributed by atoms with Gasteiger partial charge in [0.05, 0.1) is 12.1 Å². The van der Waals surface area contributed by atoms with Crippen LogP contribution in [-0.2, 0) is 0 Å². The Morgan fingerprint density at radius 1 is 1.36 bits per heavy atom. The zero-order chi connectivity index (χ0) is 8.43. The van der Waals surface area contributed by atoms with E-state index in [1.54, 1.807) is 13.2 Å². The molecule has 1 aromatic carbocycles. The molecule has 0 radical (unpaired) electrons. The Hall–Kier alpha value is 0.330. The normalized spacial score (nSPS) is 9.82. The minimum atomic E-state index is 0.467. The van der Waals surface area contributed by atoms with E-state index in [1.165, 1.54) is 0 Å². The van der Waals surface area contributed by atoms with Crippen molar-refractivity contribution in [1.29, 1.82) is 0 Å². The molecule has 1 aromatic rings. The Labute approximate surface area is 88.8 Å². The van der Waals surface area contributed by atoms with Gasteiger partial charge in [0.2, 0.25) is 0 Å². The van der Waals surface area contributed by atoms with Crippen molar-refractivity contribution in [3.63, 3.8) is 0 Å². The highest BCUT2D eigenvalue weighted by Gasteiger charge is 2.05. The lowest BCUT2D eigenvalue weighted by atomic mass is 10.3. The monoisotopic (exact) mass is 302 g/mol. The van der Waals surface area contributed by atoms with Crippen molar-refractivity contribution in [2.75, 3.05) is 7.11 Å². The highest BCUT2D eigenvalue weighted by molar-refractivity contribution is 14.1. The Kier molecular flexibility index (Phi) is 3.28. The highest BCUT2D eigenvalue weighted by Crippen LogP contribution is 2.33. The third-order valence-electron chi connectivity index (χ3n) is 1.18. The summed E-state index contributed by atoms with van der Waals surface area (Å²) >= 11 is 13.7. The molecule has 0 spiro atoms. The summed E-state index contributed by atoms with van der Waals surface area (Å²) in [6.45, 7) is 0. The van der Waals surface area contributed by atoms with E-state index >= 15 is 0 Å². The molecule has 0 saturated carbocycles. The maximum absolute atomic E-state index is 5.81. The summed E-state index contributed by atoms with van der Waals surface area (Å²) in [5.41, 5.74) is 0. The molecule has 0 N–H and O–H groups in total. The van der Waals surface area contributed by atoms with E-state index in [2.05, 4.69) is 22.6 Å². The Balaban J connectivity index is 3.24. The fourth-order valence-corrected chi connectivity index (χ4v) is 1.86. The fraction of sp³-hybridized carbons (Fsp3) is 0.143. The van der Waals surface area contributed by atoms with Gasteiger partial charge in [-0.05, 0) is 34.7 Å². The Bertz CT molecular complexity index is 275. The fourth-order valence-electron chi connectivity index (χ4n) is 0.681. The molecule has 11 heavy (non-hydrogen) atoms. The number of benzene rings is 1. The lowest BCUT2D eigenvalue weighted by Crippen LogP contribution is -1.85. The number of hydrogen-bond donors (Lipinski definition) is 0. The summed E-state index contributed by atoms with van der Waals surface area (Å²) in [6, 6.07) is 3.61. The Morgan fingerprint density at radius 2 is 2.00 bits per heavy atom. The van der Waals surface area contributed by atoms with E-state index in [1.807, 2.05) is 6.07 Å². The van der Waals surface area contributed by atoms with Crippen molar-refractivity contribution in [3.05, 3.63) is 25.7 Å². The molecule has 0 aliphatic rings. The number of halogens is 3. The van der Waals surface area contributed by atoms with Crippen LogP contribution in [0.25, 0.3) is 0 Å². The largest absolute Gasteiger partial charge is 0.495 e. The number of ether oxygens (including phenoxy) is 1. The first-order valence-corrected chi connectivity index (χ1v) is 4.67. The van der Waals surface area contributed by atoms with Crippen LogP contribution in [0.2, 0.25) is 10.0 Å². The molecular formula is C7H5Cl2IO. The first-order valence-electron chi connectivity index (χ1n) is 2.83. The van der Waals surface area contributed by atoms with E-state index in [0.29, 0.717) is 15.8 Å². The van der Waals surface area contributed by atoms with Gasteiger partial charge in [-0.2, -0.15) is 0 Å². The molecule has 0 bridgehead atoms. The molecule has 0 aliphatic carbocycles. The van der Waals surface area contributed by atoms with Crippen molar-refractivity contribution < 1.29 is 4.74 Å². The average molecular weight is 303 g/mol. The van der Waals surface area contributed by atoms with Crippen LogP contribution in [0, 0.1) is 3.57 Å².